The average molecular weight is 305 g/mol. The summed E-state index contributed by atoms with van der Waals surface area (Å²) in [7, 11) is 3.15. The summed E-state index contributed by atoms with van der Waals surface area (Å²) in [6.07, 6.45) is 0.291. The van der Waals surface area contributed by atoms with Crippen LogP contribution in [0, 0.1) is 6.92 Å². The summed E-state index contributed by atoms with van der Waals surface area (Å²) in [5.41, 5.74) is 2.44. The molecule has 0 saturated heterocycles. The zero-order chi connectivity index (χ0) is 15.4. The molecule has 21 heavy (non-hydrogen) atoms. The minimum Gasteiger partial charge on any atom is -0.493 e. The van der Waals surface area contributed by atoms with E-state index < -0.39 is 0 Å². The van der Waals surface area contributed by atoms with E-state index in [1.54, 1.807) is 32.4 Å². The molecule has 0 amide bonds. The van der Waals surface area contributed by atoms with Crippen molar-refractivity contribution in [1.29, 1.82) is 0 Å². The van der Waals surface area contributed by atoms with E-state index in [1.807, 2.05) is 25.1 Å². The Kier molecular flexibility index (Phi) is 4.86. The second-order valence-electron chi connectivity index (χ2n) is 4.75. The number of hydrogen-bond acceptors (Lipinski definition) is 3. The number of rotatable bonds is 5. The third kappa shape index (κ3) is 3.56. The largest absolute Gasteiger partial charge is 0.493 e. The fourth-order valence-electron chi connectivity index (χ4n) is 2.04. The fraction of sp³-hybridized carbons (Fsp3) is 0.235. The quantitative estimate of drug-likeness (QED) is 0.780. The second kappa shape index (κ2) is 6.64. The molecule has 0 N–H and O–H groups in total. The number of Topliss-reactive ketones (excluding diaryl/α,β-unsaturated/α-hetero) is 1. The van der Waals surface area contributed by atoms with Crippen LogP contribution in [0.25, 0.3) is 0 Å². The van der Waals surface area contributed by atoms with Gasteiger partial charge in [-0.2, -0.15) is 0 Å². The number of aryl methyl sites for hydroxylation is 1. The number of carbonyl (C=O) groups is 1. The van der Waals surface area contributed by atoms with Gasteiger partial charge in [0.2, 0.25) is 0 Å². The van der Waals surface area contributed by atoms with Crippen molar-refractivity contribution in [1.82, 2.24) is 0 Å². The van der Waals surface area contributed by atoms with E-state index in [9.17, 15) is 4.79 Å². The first-order chi connectivity index (χ1) is 10.0. The molecule has 2 rings (SSSR count). The molecular formula is C17H17ClO3. The normalized spacial score (nSPS) is 10.3. The lowest BCUT2D eigenvalue weighted by molar-refractivity contribution is 0.0993. The predicted molar refractivity (Wildman–Crippen MR) is 83.8 cm³/mol. The molecule has 4 heteroatoms. The maximum Gasteiger partial charge on any atom is 0.167 e. The van der Waals surface area contributed by atoms with Gasteiger partial charge in [0.1, 0.15) is 0 Å². The molecule has 0 spiro atoms. The summed E-state index contributed by atoms with van der Waals surface area (Å²) in [6.45, 7) is 1.91. The summed E-state index contributed by atoms with van der Waals surface area (Å²) >= 11 is 6.06. The second-order valence-corrected chi connectivity index (χ2v) is 5.16. The molecule has 0 unspecified atom stereocenters. The van der Waals surface area contributed by atoms with Crippen molar-refractivity contribution in [3.63, 3.8) is 0 Å². The van der Waals surface area contributed by atoms with Gasteiger partial charge in [-0.25, -0.2) is 0 Å². The Balaban J connectivity index is 2.21. The van der Waals surface area contributed by atoms with Crippen LogP contribution in [-0.2, 0) is 6.42 Å². The minimum absolute atomic E-state index is 0.0177. The first-order valence-corrected chi connectivity index (χ1v) is 6.93. The number of benzene rings is 2. The minimum atomic E-state index is 0.0177. The van der Waals surface area contributed by atoms with Crippen molar-refractivity contribution in [2.75, 3.05) is 14.2 Å². The molecule has 110 valence electrons. The molecule has 2 aromatic rings. The van der Waals surface area contributed by atoms with Gasteiger partial charge in [0.15, 0.2) is 17.3 Å². The lowest BCUT2D eigenvalue weighted by atomic mass is 10.0. The van der Waals surface area contributed by atoms with Gasteiger partial charge in [-0.05, 0) is 36.2 Å². The van der Waals surface area contributed by atoms with Crippen molar-refractivity contribution in [2.24, 2.45) is 0 Å². The standard InChI is InChI=1S/C17H17ClO3/c1-11-4-6-13(10-14(11)18)15(19)8-12-5-7-16(20-2)17(9-12)21-3/h4-7,9-10H,8H2,1-3H3. The van der Waals surface area contributed by atoms with Crippen LogP contribution in [0.4, 0.5) is 0 Å². The number of carbonyl (C=O) groups excluding carboxylic acids is 1. The van der Waals surface area contributed by atoms with E-state index in [1.165, 1.54) is 0 Å². The van der Waals surface area contributed by atoms with Crippen LogP contribution in [0.2, 0.25) is 5.02 Å². The smallest absolute Gasteiger partial charge is 0.167 e. The highest BCUT2D eigenvalue weighted by Crippen LogP contribution is 2.28. The summed E-state index contributed by atoms with van der Waals surface area (Å²) in [4.78, 5) is 12.3. The lowest BCUT2D eigenvalue weighted by Crippen LogP contribution is -2.04. The van der Waals surface area contributed by atoms with Crippen LogP contribution in [0.5, 0.6) is 11.5 Å². The molecule has 0 aromatic heterocycles. The molecule has 0 radical (unpaired) electrons. The Labute approximate surface area is 129 Å². The number of ketones is 1. The van der Waals surface area contributed by atoms with E-state index in [-0.39, 0.29) is 5.78 Å². The first kappa shape index (κ1) is 15.4. The van der Waals surface area contributed by atoms with Gasteiger partial charge in [-0.1, -0.05) is 29.8 Å². The summed E-state index contributed by atoms with van der Waals surface area (Å²) < 4.78 is 10.4. The Hall–Kier alpha value is -2.00. The highest BCUT2D eigenvalue weighted by Gasteiger charge is 2.11. The molecule has 0 atom stereocenters. The molecule has 0 fully saturated rings. The molecule has 0 aliphatic heterocycles. The Morgan fingerprint density at radius 1 is 1.05 bits per heavy atom. The van der Waals surface area contributed by atoms with Crippen molar-refractivity contribution in [2.45, 2.75) is 13.3 Å². The van der Waals surface area contributed by atoms with Gasteiger partial charge in [-0.15, -0.1) is 0 Å². The maximum atomic E-state index is 12.3. The van der Waals surface area contributed by atoms with Crippen molar-refractivity contribution in [3.05, 3.63) is 58.1 Å². The van der Waals surface area contributed by atoms with Gasteiger partial charge >= 0.3 is 0 Å². The molecular weight excluding hydrogens is 288 g/mol. The van der Waals surface area contributed by atoms with E-state index in [0.717, 1.165) is 11.1 Å². The molecule has 3 nitrogen and oxygen atoms in total. The summed E-state index contributed by atoms with van der Waals surface area (Å²) in [5.74, 6) is 1.28. The van der Waals surface area contributed by atoms with Gasteiger partial charge in [0, 0.05) is 17.0 Å². The molecule has 0 saturated carbocycles. The number of hydrogen-bond donors (Lipinski definition) is 0. The van der Waals surface area contributed by atoms with Crippen molar-refractivity contribution >= 4 is 17.4 Å². The summed E-state index contributed by atoms with van der Waals surface area (Å²) in [6, 6.07) is 10.8. The number of ether oxygens (including phenoxy) is 2. The van der Waals surface area contributed by atoms with Gasteiger partial charge in [0.25, 0.3) is 0 Å². The molecule has 2 aromatic carbocycles. The van der Waals surface area contributed by atoms with Gasteiger partial charge < -0.3 is 9.47 Å². The van der Waals surface area contributed by atoms with Crippen molar-refractivity contribution < 1.29 is 14.3 Å². The molecule has 0 aliphatic carbocycles. The average Bonchev–Trinajstić information content (AvgIpc) is 2.49. The molecule has 0 heterocycles. The van der Waals surface area contributed by atoms with Crippen LogP contribution in [-0.4, -0.2) is 20.0 Å². The Bertz CT molecular complexity index is 665. The topological polar surface area (TPSA) is 35.5 Å². The zero-order valence-electron chi connectivity index (χ0n) is 12.3. The van der Waals surface area contributed by atoms with Crippen LogP contribution in [0.15, 0.2) is 36.4 Å². The molecule has 0 aliphatic rings. The summed E-state index contributed by atoms with van der Waals surface area (Å²) in [5, 5.41) is 0.605. The Morgan fingerprint density at radius 3 is 2.38 bits per heavy atom. The van der Waals surface area contributed by atoms with E-state index in [0.29, 0.717) is 28.5 Å². The molecule has 0 bridgehead atoms. The number of halogens is 1. The first-order valence-electron chi connectivity index (χ1n) is 6.55. The third-order valence-corrected chi connectivity index (χ3v) is 3.71. The highest BCUT2D eigenvalue weighted by atomic mass is 35.5. The fourth-order valence-corrected chi connectivity index (χ4v) is 2.22. The van der Waals surface area contributed by atoms with Crippen LogP contribution >= 0.6 is 11.6 Å². The van der Waals surface area contributed by atoms with Crippen molar-refractivity contribution in [3.8, 4) is 11.5 Å². The van der Waals surface area contributed by atoms with Crippen LogP contribution in [0.1, 0.15) is 21.5 Å². The maximum absolute atomic E-state index is 12.3. The van der Waals surface area contributed by atoms with Gasteiger partial charge in [0.05, 0.1) is 14.2 Å². The lowest BCUT2D eigenvalue weighted by Gasteiger charge is -2.09. The van der Waals surface area contributed by atoms with Gasteiger partial charge in [-0.3, -0.25) is 4.79 Å². The van der Waals surface area contributed by atoms with Crippen LogP contribution in [0.3, 0.4) is 0 Å². The predicted octanol–water partition coefficient (Wildman–Crippen LogP) is 4.09. The van der Waals surface area contributed by atoms with E-state index >= 15 is 0 Å². The highest BCUT2D eigenvalue weighted by molar-refractivity contribution is 6.31. The SMILES string of the molecule is COc1ccc(CC(=O)c2ccc(C)c(Cl)c2)cc1OC. The van der Waals surface area contributed by atoms with E-state index in [2.05, 4.69) is 0 Å². The zero-order valence-corrected chi connectivity index (χ0v) is 13.0. The van der Waals surface area contributed by atoms with E-state index in [4.69, 9.17) is 21.1 Å². The monoisotopic (exact) mass is 304 g/mol. The Morgan fingerprint density at radius 2 is 1.76 bits per heavy atom. The van der Waals surface area contributed by atoms with Crippen LogP contribution < -0.4 is 9.47 Å². The third-order valence-electron chi connectivity index (χ3n) is 3.31. The number of methoxy groups -OCH3 is 2.